The highest BCUT2D eigenvalue weighted by Gasteiger charge is 2.15. The molecule has 0 aliphatic heterocycles. The molecule has 0 bridgehead atoms. The quantitative estimate of drug-likeness (QED) is 0.414. The molecule has 0 aromatic carbocycles. The van der Waals surface area contributed by atoms with E-state index < -0.39 is 0 Å². The van der Waals surface area contributed by atoms with Gasteiger partial charge in [-0.2, -0.15) is 0 Å². The molecular weight excluding hydrogens is 186 g/mol. The Balaban J connectivity index is 3.00. The molecule has 13 heavy (non-hydrogen) atoms. The molecule has 0 unspecified atom stereocenters. The minimum atomic E-state index is -0.274. The van der Waals surface area contributed by atoms with Gasteiger partial charge in [0.05, 0.1) is 12.2 Å². The first-order chi connectivity index (χ1) is 6.07. The fourth-order valence-corrected chi connectivity index (χ4v) is 1.98. The number of carbonyl (C=O) groups is 1. The smallest absolute Gasteiger partial charge is 0.254 e. The zero-order valence-corrected chi connectivity index (χ0v) is 8.52. The Kier molecular flexibility index (Phi) is 3.02. The van der Waals surface area contributed by atoms with Crippen molar-refractivity contribution in [1.29, 1.82) is 0 Å². The van der Waals surface area contributed by atoms with Crippen molar-refractivity contribution < 1.29 is 4.79 Å². The molecular formula is C8H13N3OS. The predicted molar refractivity (Wildman–Crippen MR) is 54.5 cm³/mol. The van der Waals surface area contributed by atoms with Crippen LogP contribution >= 0.6 is 11.3 Å². The Hall–Kier alpha value is -0.910. The summed E-state index contributed by atoms with van der Waals surface area (Å²) in [5, 5.41) is 3.09. The number of hydrogen-bond acceptors (Lipinski definition) is 4. The largest absolute Gasteiger partial charge is 0.322 e. The molecule has 0 aliphatic carbocycles. The summed E-state index contributed by atoms with van der Waals surface area (Å²) in [5.41, 5.74) is 7.00. The second-order valence-electron chi connectivity index (χ2n) is 2.79. The van der Waals surface area contributed by atoms with Crippen molar-refractivity contribution in [3.05, 3.63) is 15.8 Å². The number of hydrazine groups is 1. The van der Waals surface area contributed by atoms with Crippen LogP contribution in [0, 0.1) is 13.8 Å². The SMILES string of the molecule is Cc1csc(C)c1N(N)C(=O)CN. The second kappa shape index (κ2) is 3.87. The zero-order valence-electron chi connectivity index (χ0n) is 7.70. The van der Waals surface area contributed by atoms with Crippen molar-refractivity contribution in [1.82, 2.24) is 0 Å². The molecule has 1 amide bonds. The maximum absolute atomic E-state index is 11.2. The number of aryl methyl sites for hydroxylation is 2. The van der Waals surface area contributed by atoms with Gasteiger partial charge in [0.25, 0.3) is 5.91 Å². The zero-order chi connectivity index (χ0) is 10.0. The summed E-state index contributed by atoms with van der Waals surface area (Å²) in [4.78, 5) is 12.2. The van der Waals surface area contributed by atoms with Crippen LogP contribution in [-0.2, 0) is 4.79 Å². The lowest BCUT2D eigenvalue weighted by atomic mass is 10.2. The third-order valence-electron chi connectivity index (χ3n) is 1.80. The van der Waals surface area contributed by atoms with E-state index in [0.29, 0.717) is 0 Å². The van der Waals surface area contributed by atoms with Gasteiger partial charge in [-0.15, -0.1) is 11.3 Å². The van der Waals surface area contributed by atoms with Crippen LogP contribution < -0.4 is 16.6 Å². The topological polar surface area (TPSA) is 72.3 Å². The molecule has 72 valence electrons. The van der Waals surface area contributed by atoms with Gasteiger partial charge in [-0.05, 0) is 24.8 Å². The van der Waals surface area contributed by atoms with E-state index in [-0.39, 0.29) is 12.5 Å². The van der Waals surface area contributed by atoms with E-state index >= 15 is 0 Å². The van der Waals surface area contributed by atoms with Crippen LogP contribution in [0.1, 0.15) is 10.4 Å². The lowest BCUT2D eigenvalue weighted by molar-refractivity contribution is -0.117. The van der Waals surface area contributed by atoms with Crippen molar-refractivity contribution in [3.8, 4) is 0 Å². The van der Waals surface area contributed by atoms with E-state index in [1.54, 1.807) is 11.3 Å². The van der Waals surface area contributed by atoms with E-state index in [1.807, 2.05) is 19.2 Å². The molecule has 0 saturated heterocycles. The lowest BCUT2D eigenvalue weighted by Gasteiger charge is -2.16. The number of nitrogens with zero attached hydrogens (tertiary/aromatic N) is 1. The minimum Gasteiger partial charge on any atom is -0.322 e. The normalized spacial score (nSPS) is 10.2. The molecule has 4 N–H and O–H groups in total. The van der Waals surface area contributed by atoms with E-state index in [9.17, 15) is 4.79 Å². The maximum atomic E-state index is 11.2. The lowest BCUT2D eigenvalue weighted by Crippen LogP contribution is -2.42. The second-order valence-corrected chi connectivity index (χ2v) is 3.88. The van der Waals surface area contributed by atoms with E-state index in [2.05, 4.69) is 0 Å². The molecule has 0 fully saturated rings. The molecule has 0 aliphatic rings. The molecule has 5 heteroatoms. The number of rotatable bonds is 2. The number of carbonyl (C=O) groups excluding carboxylic acids is 1. The first-order valence-electron chi connectivity index (χ1n) is 3.90. The van der Waals surface area contributed by atoms with Gasteiger partial charge in [-0.25, -0.2) is 10.9 Å². The number of nitrogens with two attached hydrogens (primary N) is 2. The summed E-state index contributed by atoms with van der Waals surface area (Å²) >= 11 is 1.57. The van der Waals surface area contributed by atoms with Crippen molar-refractivity contribution in [2.75, 3.05) is 11.6 Å². The Labute approximate surface area is 81.1 Å². The Morgan fingerprint density at radius 2 is 2.23 bits per heavy atom. The van der Waals surface area contributed by atoms with Crippen LogP contribution in [0.3, 0.4) is 0 Å². The molecule has 4 nitrogen and oxygen atoms in total. The molecule has 0 radical (unpaired) electrons. The Morgan fingerprint density at radius 1 is 1.62 bits per heavy atom. The summed E-state index contributed by atoms with van der Waals surface area (Å²) in [7, 11) is 0. The third-order valence-corrected chi connectivity index (χ3v) is 2.82. The van der Waals surface area contributed by atoms with Gasteiger partial charge in [0, 0.05) is 4.88 Å². The van der Waals surface area contributed by atoms with E-state index in [0.717, 1.165) is 21.1 Å². The predicted octanol–water partition coefficient (Wildman–Crippen LogP) is 0.530. The van der Waals surface area contributed by atoms with Gasteiger partial charge in [-0.1, -0.05) is 0 Å². The summed E-state index contributed by atoms with van der Waals surface area (Å²) in [6.45, 7) is 3.78. The molecule has 1 aromatic heterocycles. The van der Waals surface area contributed by atoms with Gasteiger partial charge in [0.15, 0.2) is 0 Å². The van der Waals surface area contributed by atoms with Gasteiger partial charge < -0.3 is 5.73 Å². The molecule has 0 spiro atoms. The monoisotopic (exact) mass is 199 g/mol. The van der Waals surface area contributed by atoms with Gasteiger partial charge in [-0.3, -0.25) is 4.79 Å². The van der Waals surface area contributed by atoms with Gasteiger partial charge in [0.2, 0.25) is 0 Å². The molecule has 1 rings (SSSR count). The number of hydrogen-bond donors (Lipinski definition) is 2. The van der Waals surface area contributed by atoms with Crippen LogP contribution in [0.4, 0.5) is 5.69 Å². The molecule has 0 saturated carbocycles. The van der Waals surface area contributed by atoms with Crippen LogP contribution in [0.25, 0.3) is 0 Å². The summed E-state index contributed by atoms with van der Waals surface area (Å²) in [5.74, 6) is 5.33. The number of thiophene rings is 1. The van der Waals surface area contributed by atoms with Crippen molar-refractivity contribution in [2.24, 2.45) is 11.6 Å². The van der Waals surface area contributed by atoms with Gasteiger partial charge in [0.1, 0.15) is 0 Å². The minimum absolute atomic E-state index is 0.0643. The van der Waals surface area contributed by atoms with Crippen molar-refractivity contribution in [2.45, 2.75) is 13.8 Å². The van der Waals surface area contributed by atoms with Crippen molar-refractivity contribution >= 4 is 22.9 Å². The Bertz CT molecular complexity index is 302. The van der Waals surface area contributed by atoms with E-state index in [1.165, 1.54) is 0 Å². The van der Waals surface area contributed by atoms with Crippen LogP contribution in [0.15, 0.2) is 5.38 Å². The molecule has 0 atom stereocenters. The third kappa shape index (κ3) is 1.88. The number of anilines is 1. The highest BCUT2D eigenvalue weighted by atomic mass is 32.1. The first kappa shape index (κ1) is 10.2. The standard InChI is InChI=1S/C8H13N3OS/c1-5-4-13-6(2)8(5)11(10)7(12)3-9/h4H,3,9-10H2,1-2H3. The molecule has 1 heterocycles. The highest BCUT2D eigenvalue weighted by Crippen LogP contribution is 2.28. The fraction of sp³-hybridized carbons (Fsp3) is 0.375. The van der Waals surface area contributed by atoms with Crippen LogP contribution in [-0.4, -0.2) is 12.5 Å². The van der Waals surface area contributed by atoms with Gasteiger partial charge >= 0.3 is 0 Å². The average molecular weight is 199 g/mol. The van der Waals surface area contributed by atoms with E-state index in [4.69, 9.17) is 11.6 Å². The summed E-state index contributed by atoms with van der Waals surface area (Å²) in [6, 6.07) is 0. The van der Waals surface area contributed by atoms with Crippen LogP contribution in [0.5, 0.6) is 0 Å². The summed E-state index contributed by atoms with van der Waals surface area (Å²) in [6.07, 6.45) is 0. The maximum Gasteiger partial charge on any atom is 0.254 e. The highest BCUT2D eigenvalue weighted by molar-refractivity contribution is 7.10. The number of amides is 1. The Morgan fingerprint density at radius 3 is 2.62 bits per heavy atom. The molecule has 1 aromatic rings. The first-order valence-corrected chi connectivity index (χ1v) is 4.78. The summed E-state index contributed by atoms with van der Waals surface area (Å²) < 4.78 is 0. The fourth-order valence-electron chi connectivity index (χ4n) is 1.15. The van der Waals surface area contributed by atoms with Crippen molar-refractivity contribution in [3.63, 3.8) is 0 Å². The average Bonchev–Trinajstić information content (AvgIpc) is 2.44. The van der Waals surface area contributed by atoms with Crippen LogP contribution in [0.2, 0.25) is 0 Å².